The van der Waals surface area contributed by atoms with Gasteiger partial charge in [-0.3, -0.25) is 0 Å². The van der Waals surface area contributed by atoms with Crippen molar-refractivity contribution in [3.8, 4) is 0 Å². The predicted molar refractivity (Wildman–Crippen MR) is 68.8 cm³/mol. The molecule has 0 N–H and O–H groups in total. The number of hydrogen-bond acceptors (Lipinski definition) is 0. The van der Waals surface area contributed by atoms with Crippen LogP contribution in [0.1, 0.15) is 33.8 Å². The second-order valence-electron chi connectivity index (χ2n) is 5.48. The highest BCUT2D eigenvalue weighted by molar-refractivity contribution is 6.75. The van der Waals surface area contributed by atoms with E-state index in [0.717, 1.165) is 5.56 Å². The third kappa shape index (κ3) is 3.78. The van der Waals surface area contributed by atoms with Gasteiger partial charge in [-0.05, 0) is 11.6 Å². The molecule has 0 spiro atoms. The van der Waals surface area contributed by atoms with Crippen molar-refractivity contribution in [1.29, 1.82) is 0 Å². The number of pyridine rings is 1. The molecule has 0 aromatic carbocycles. The Hall–Kier alpha value is -0.633. The summed E-state index contributed by atoms with van der Waals surface area (Å²) in [5.41, 5.74) is 2.02. The summed E-state index contributed by atoms with van der Waals surface area (Å²) in [7, 11) is 0.140. The summed E-state index contributed by atoms with van der Waals surface area (Å²) in [4.78, 5) is 0. The number of aryl methyl sites for hydroxylation is 1. The molecule has 0 unspecified atom stereocenters. The van der Waals surface area contributed by atoms with Crippen LogP contribution in [0.4, 0.5) is 0 Å². The van der Waals surface area contributed by atoms with E-state index in [-0.39, 0.29) is 0 Å². The zero-order valence-electron chi connectivity index (χ0n) is 12.8. The topological polar surface area (TPSA) is 3.88 Å². The third-order valence-electron chi connectivity index (χ3n) is 2.30. The quantitative estimate of drug-likeness (QED) is 0.549. The van der Waals surface area contributed by atoms with Crippen LogP contribution in [0.25, 0.3) is 0 Å². The van der Waals surface area contributed by atoms with Crippen molar-refractivity contribution < 1.29 is 7.31 Å². The molecule has 15 heavy (non-hydrogen) atoms. The molecule has 1 heterocycles. The van der Waals surface area contributed by atoms with Gasteiger partial charge in [0.1, 0.15) is 7.05 Å². The highest BCUT2D eigenvalue weighted by atomic mass is 28.3. The van der Waals surface area contributed by atoms with Gasteiger partial charge in [0.2, 0.25) is 0 Å². The summed E-state index contributed by atoms with van der Waals surface area (Å²) in [6, 6.07) is 3.95. The standard InChI is InChI=1S/C13H24NSi/c1-11(2)13-9-12(7-8-14(13)3)10-15(4,5)6/h7-9,11H,10H2,1-6H3/q+1/i10D2. The van der Waals surface area contributed by atoms with E-state index in [1.807, 2.05) is 25.4 Å². The summed E-state index contributed by atoms with van der Waals surface area (Å²) < 4.78 is 18.8. The maximum atomic E-state index is 8.35. The molecule has 84 valence electrons. The van der Waals surface area contributed by atoms with E-state index in [9.17, 15) is 0 Å². The van der Waals surface area contributed by atoms with Gasteiger partial charge in [0.05, 0.1) is 0 Å². The monoisotopic (exact) mass is 224 g/mol. The first kappa shape index (κ1) is 9.58. The summed E-state index contributed by atoms with van der Waals surface area (Å²) in [5, 5.41) is 0. The second-order valence-corrected chi connectivity index (χ2v) is 10.2. The largest absolute Gasteiger partial charge is 0.205 e. The van der Waals surface area contributed by atoms with Gasteiger partial charge < -0.3 is 0 Å². The molecule has 0 fully saturated rings. The Labute approximate surface area is 98.0 Å². The van der Waals surface area contributed by atoms with E-state index in [4.69, 9.17) is 2.74 Å². The Kier molecular flexibility index (Phi) is 2.86. The molecule has 0 aliphatic rings. The molecule has 0 aliphatic carbocycles. The lowest BCUT2D eigenvalue weighted by Gasteiger charge is -2.16. The van der Waals surface area contributed by atoms with Gasteiger partial charge in [0.15, 0.2) is 11.9 Å². The van der Waals surface area contributed by atoms with Crippen LogP contribution in [-0.2, 0) is 13.0 Å². The van der Waals surface area contributed by atoms with Crippen molar-refractivity contribution in [2.45, 2.75) is 45.4 Å². The highest BCUT2D eigenvalue weighted by Gasteiger charge is 2.17. The van der Waals surface area contributed by atoms with Gasteiger partial charge in [-0.2, -0.15) is 0 Å². The minimum absolute atomic E-state index is 0.414. The first-order valence-electron chi connectivity index (χ1n) is 6.57. The number of rotatable bonds is 3. The van der Waals surface area contributed by atoms with Crippen LogP contribution in [0.15, 0.2) is 18.3 Å². The molecule has 1 nitrogen and oxygen atoms in total. The molecular formula is C13H24NSi+. The molecule has 0 saturated heterocycles. The predicted octanol–water partition coefficient (Wildman–Crippen LogP) is 3.05. The van der Waals surface area contributed by atoms with Gasteiger partial charge in [-0.15, -0.1) is 0 Å². The average molecular weight is 224 g/mol. The lowest BCUT2D eigenvalue weighted by Crippen LogP contribution is -2.34. The molecule has 0 bridgehead atoms. The first-order chi connectivity index (χ1) is 7.57. The molecule has 0 atom stereocenters. The molecule has 2 heteroatoms. The fraction of sp³-hybridized carbons (Fsp3) is 0.615. The van der Waals surface area contributed by atoms with Crippen molar-refractivity contribution in [2.24, 2.45) is 7.05 Å². The Morgan fingerprint density at radius 2 is 2.00 bits per heavy atom. The van der Waals surface area contributed by atoms with E-state index in [0.29, 0.717) is 5.92 Å². The van der Waals surface area contributed by atoms with E-state index in [2.05, 4.69) is 38.1 Å². The molecule has 1 aromatic rings. The SMILES string of the molecule is [2H]C([2H])(c1cc[n+](C)c(C(C)C)c1)[Si](C)(C)C. The number of hydrogen-bond donors (Lipinski definition) is 0. The van der Waals surface area contributed by atoms with Crippen LogP contribution < -0.4 is 4.57 Å². The second kappa shape index (κ2) is 4.48. The maximum Gasteiger partial charge on any atom is 0.183 e. The van der Waals surface area contributed by atoms with Crippen molar-refractivity contribution in [2.75, 3.05) is 0 Å². The molecular weight excluding hydrogens is 198 g/mol. The fourth-order valence-electron chi connectivity index (χ4n) is 1.67. The lowest BCUT2D eigenvalue weighted by atomic mass is 10.1. The first-order valence-corrected chi connectivity index (χ1v) is 9.07. The zero-order chi connectivity index (χ0) is 13.4. The zero-order valence-corrected chi connectivity index (χ0v) is 11.8. The summed E-state index contributed by atoms with van der Waals surface area (Å²) >= 11 is 0. The van der Waals surface area contributed by atoms with Gasteiger partial charge in [-0.25, -0.2) is 4.57 Å². The lowest BCUT2D eigenvalue weighted by molar-refractivity contribution is -0.680. The minimum atomic E-state index is -1.88. The number of nitrogens with zero attached hydrogens (tertiary/aromatic N) is 1. The van der Waals surface area contributed by atoms with E-state index < -0.39 is 14.1 Å². The van der Waals surface area contributed by atoms with Crippen LogP contribution in [0.3, 0.4) is 0 Å². The van der Waals surface area contributed by atoms with E-state index in [1.165, 1.54) is 5.69 Å². The van der Waals surface area contributed by atoms with Crippen LogP contribution in [0.2, 0.25) is 19.6 Å². The minimum Gasteiger partial charge on any atom is -0.205 e. The smallest absolute Gasteiger partial charge is 0.183 e. The third-order valence-corrected chi connectivity index (χ3v) is 3.34. The number of aromatic nitrogens is 1. The molecule has 0 saturated carbocycles. The average Bonchev–Trinajstić information content (AvgIpc) is 2.15. The van der Waals surface area contributed by atoms with Crippen molar-refractivity contribution >= 4 is 8.07 Å². The van der Waals surface area contributed by atoms with E-state index in [1.54, 1.807) is 0 Å². The van der Waals surface area contributed by atoms with Gasteiger partial charge >= 0.3 is 0 Å². The normalized spacial score (nSPS) is 15.1. The fourth-order valence-corrected chi connectivity index (χ4v) is 2.69. The highest BCUT2D eigenvalue weighted by Crippen LogP contribution is 2.15. The summed E-state index contributed by atoms with van der Waals surface area (Å²) in [5.74, 6) is -0.761. The van der Waals surface area contributed by atoms with Crippen molar-refractivity contribution in [3.63, 3.8) is 0 Å². The van der Waals surface area contributed by atoms with Crippen LogP contribution in [0.5, 0.6) is 0 Å². The molecule has 0 amide bonds. The molecule has 0 aliphatic heterocycles. The Morgan fingerprint density at radius 1 is 1.40 bits per heavy atom. The summed E-state index contributed by atoms with van der Waals surface area (Å²) in [6.07, 6.45) is 1.97. The van der Waals surface area contributed by atoms with Crippen LogP contribution in [0, 0.1) is 0 Å². The molecule has 0 radical (unpaired) electrons. The van der Waals surface area contributed by atoms with E-state index >= 15 is 0 Å². The van der Waals surface area contributed by atoms with Crippen molar-refractivity contribution in [1.82, 2.24) is 0 Å². The van der Waals surface area contributed by atoms with Crippen molar-refractivity contribution in [3.05, 3.63) is 29.6 Å². The Bertz CT molecular complexity index is 408. The Balaban J connectivity index is 3.30. The molecule has 1 aromatic heterocycles. The van der Waals surface area contributed by atoms with Gasteiger partial charge in [-0.1, -0.05) is 33.5 Å². The van der Waals surface area contributed by atoms with Gasteiger partial charge in [0, 0.05) is 28.9 Å². The summed E-state index contributed by atoms with van der Waals surface area (Å²) in [6.45, 7) is 10.5. The van der Waals surface area contributed by atoms with Crippen LogP contribution in [-0.4, -0.2) is 8.07 Å². The molecule has 1 rings (SSSR count). The van der Waals surface area contributed by atoms with Gasteiger partial charge in [0.25, 0.3) is 0 Å². The van der Waals surface area contributed by atoms with Crippen LogP contribution >= 0.6 is 0 Å². The maximum absolute atomic E-state index is 8.35. The Morgan fingerprint density at radius 3 is 2.47 bits per heavy atom.